The molecule has 1 N–H and O–H groups in total. The van der Waals surface area contributed by atoms with Gasteiger partial charge in [-0.05, 0) is 37.5 Å². The summed E-state index contributed by atoms with van der Waals surface area (Å²) in [5, 5.41) is 3.75. The summed E-state index contributed by atoms with van der Waals surface area (Å²) < 4.78 is 2.54. The number of carbonyl (C=O) groups is 1. The maximum absolute atomic E-state index is 12.9. The number of amides is 1. The average Bonchev–Trinajstić information content (AvgIpc) is 2.56. The number of hydrogen-bond donors (Lipinski definition) is 1. The molecule has 0 fully saturated rings. The third-order valence-electron chi connectivity index (χ3n) is 3.63. The van der Waals surface area contributed by atoms with Crippen LogP contribution in [0.5, 0.6) is 0 Å². The van der Waals surface area contributed by atoms with Crippen LogP contribution in [-0.2, 0) is 11.3 Å². The highest BCUT2D eigenvalue weighted by molar-refractivity contribution is 9.10. The van der Waals surface area contributed by atoms with Crippen LogP contribution in [0.3, 0.4) is 0 Å². The van der Waals surface area contributed by atoms with Gasteiger partial charge in [-0.1, -0.05) is 48.5 Å². The molecule has 0 bridgehead atoms. The number of hydrogen-bond acceptors (Lipinski definition) is 4. The van der Waals surface area contributed by atoms with Crippen molar-refractivity contribution in [2.24, 2.45) is 5.92 Å². The predicted molar refractivity (Wildman–Crippen MR) is 107 cm³/mol. The van der Waals surface area contributed by atoms with Crippen molar-refractivity contribution >= 4 is 44.5 Å². The van der Waals surface area contributed by atoms with E-state index in [0.29, 0.717) is 35.1 Å². The molecule has 0 aliphatic rings. The number of benzene rings is 1. The summed E-state index contributed by atoms with van der Waals surface area (Å²) in [4.78, 5) is 29.8. The van der Waals surface area contributed by atoms with Gasteiger partial charge in [-0.25, -0.2) is 4.98 Å². The maximum Gasteiger partial charge on any atom is 0.262 e. The van der Waals surface area contributed by atoms with Gasteiger partial charge in [0.2, 0.25) is 5.91 Å². The van der Waals surface area contributed by atoms with Crippen LogP contribution in [-0.4, -0.2) is 27.3 Å². The van der Waals surface area contributed by atoms with E-state index in [2.05, 4.69) is 40.1 Å². The van der Waals surface area contributed by atoms with E-state index in [1.807, 2.05) is 26.0 Å². The topological polar surface area (TPSA) is 64.0 Å². The summed E-state index contributed by atoms with van der Waals surface area (Å²) in [6.45, 7) is 9.20. The van der Waals surface area contributed by atoms with E-state index in [-0.39, 0.29) is 16.7 Å². The molecule has 7 heteroatoms. The molecule has 1 heterocycles. The minimum atomic E-state index is -0.315. The SMILES string of the molecule is CCCNC(=O)C(C)Sc1nc2ccc(Br)cc2c(=O)n1CC(C)C. The van der Waals surface area contributed by atoms with Crippen molar-refractivity contribution in [1.29, 1.82) is 0 Å². The number of aromatic nitrogens is 2. The first-order valence-corrected chi connectivity index (χ1v) is 10.1. The van der Waals surface area contributed by atoms with E-state index in [4.69, 9.17) is 0 Å². The first kappa shape index (κ1) is 20.0. The third kappa shape index (κ3) is 5.07. The zero-order valence-electron chi connectivity index (χ0n) is 15.0. The molecule has 0 aliphatic heterocycles. The number of halogens is 1. The molecule has 1 aromatic heterocycles. The van der Waals surface area contributed by atoms with E-state index in [1.165, 1.54) is 11.8 Å². The van der Waals surface area contributed by atoms with Crippen LogP contribution < -0.4 is 10.9 Å². The van der Waals surface area contributed by atoms with Gasteiger partial charge in [0.1, 0.15) is 0 Å². The number of rotatable bonds is 7. The van der Waals surface area contributed by atoms with Crippen molar-refractivity contribution in [3.63, 3.8) is 0 Å². The standard InChI is InChI=1S/C18H24BrN3O2S/c1-5-8-20-16(23)12(4)25-18-21-15-7-6-13(19)9-14(15)17(24)22(18)10-11(2)3/h6-7,9,11-12H,5,8,10H2,1-4H3,(H,20,23). The predicted octanol–water partition coefficient (Wildman–Crippen LogP) is 3.82. The molecule has 0 radical (unpaired) electrons. The van der Waals surface area contributed by atoms with E-state index >= 15 is 0 Å². The van der Waals surface area contributed by atoms with Crippen LogP contribution in [0.1, 0.15) is 34.1 Å². The second-order valence-corrected chi connectivity index (χ2v) is 8.64. The summed E-state index contributed by atoms with van der Waals surface area (Å²) in [7, 11) is 0. The Kier molecular flexibility index (Phi) is 7.07. The average molecular weight is 426 g/mol. The molecular weight excluding hydrogens is 402 g/mol. The van der Waals surface area contributed by atoms with Gasteiger partial charge < -0.3 is 5.32 Å². The number of thioether (sulfide) groups is 1. The molecule has 1 aromatic carbocycles. The summed E-state index contributed by atoms with van der Waals surface area (Å²) in [6, 6.07) is 5.49. The van der Waals surface area contributed by atoms with Gasteiger partial charge in [-0.3, -0.25) is 14.2 Å². The fraction of sp³-hybridized carbons (Fsp3) is 0.500. The van der Waals surface area contributed by atoms with E-state index in [1.54, 1.807) is 10.6 Å². The lowest BCUT2D eigenvalue weighted by Gasteiger charge is -2.17. The monoisotopic (exact) mass is 425 g/mol. The van der Waals surface area contributed by atoms with Crippen molar-refractivity contribution in [1.82, 2.24) is 14.9 Å². The van der Waals surface area contributed by atoms with Gasteiger partial charge in [0.15, 0.2) is 5.16 Å². The quantitative estimate of drug-likeness (QED) is 0.540. The van der Waals surface area contributed by atoms with Crippen molar-refractivity contribution < 1.29 is 4.79 Å². The number of nitrogens with one attached hydrogen (secondary N) is 1. The van der Waals surface area contributed by atoms with Gasteiger partial charge >= 0.3 is 0 Å². The molecule has 136 valence electrons. The van der Waals surface area contributed by atoms with Crippen molar-refractivity contribution in [2.75, 3.05) is 6.54 Å². The lowest BCUT2D eigenvalue weighted by molar-refractivity contribution is -0.120. The molecule has 5 nitrogen and oxygen atoms in total. The molecule has 0 saturated heterocycles. The lowest BCUT2D eigenvalue weighted by atomic mass is 10.2. The highest BCUT2D eigenvalue weighted by Gasteiger charge is 2.19. The Balaban J connectivity index is 2.44. The largest absolute Gasteiger partial charge is 0.355 e. The second kappa shape index (κ2) is 8.85. The zero-order chi connectivity index (χ0) is 18.6. The minimum absolute atomic E-state index is 0.0342. The highest BCUT2D eigenvalue weighted by Crippen LogP contribution is 2.24. The molecule has 1 atom stereocenters. The molecule has 2 aromatic rings. The van der Waals surface area contributed by atoms with Gasteiger partial charge in [0.05, 0.1) is 16.2 Å². The number of nitrogens with zero attached hydrogens (tertiary/aromatic N) is 2. The molecule has 0 spiro atoms. The van der Waals surface area contributed by atoms with E-state index < -0.39 is 0 Å². The zero-order valence-corrected chi connectivity index (χ0v) is 17.4. The Morgan fingerprint density at radius 3 is 2.72 bits per heavy atom. The van der Waals surface area contributed by atoms with Gasteiger partial charge in [-0.15, -0.1) is 0 Å². The lowest BCUT2D eigenvalue weighted by Crippen LogP contribution is -2.32. The summed E-state index contributed by atoms with van der Waals surface area (Å²) in [5.74, 6) is 0.265. The van der Waals surface area contributed by atoms with Gasteiger partial charge in [0, 0.05) is 17.6 Å². The fourth-order valence-electron chi connectivity index (χ4n) is 2.39. The molecule has 0 saturated carbocycles. The fourth-order valence-corrected chi connectivity index (χ4v) is 3.70. The number of carbonyl (C=O) groups excluding carboxylic acids is 1. The van der Waals surface area contributed by atoms with Crippen molar-refractivity contribution in [3.8, 4) is 0 Å². The maximum atomic E-state index is 12.9. The van der Waals surface area contributed by atoms with Crippen LogP contribution in [0.15, 0.2) is 32.6 Å². The third-order valence-corrected chi connectivity index (χ3v) is 5.21. The first-order valence-electron chi connectivity index (χ1n) is 8.48. The Labute approximate surface area is 160 Å². The Morgan fingerprint density at radius 1 is 1.36 bits per heavy atom. The Morgan fingerprint density at radius 2 is 2.08 bits per heavy atom. The van der Waals surface area contributed by atoms with Gasteiger partial charge in [0.25, 0.3) is 5.56 Å². The van der Waals surface area contributed by atoms with Crippen LogP contribution in [0.25, 0.3) is 10.9 Å². The summed E-state index contributed by atoms with van der Waals surface area (Å²) >= 11 is 4.74. The summed E-state index contributed by atoms with van der Waals surface area (Å²) in [5.41, 5.74) is 0.584. The smallest absolute Gasteiger partial charge is 0.262 e. The number of fused-ring (bicyclic) bond motifs is 1. The first-order chi connectivity index (χ1) is 11.8. The molecule has 0 aliphatic carbocycles. The van der Waals surface area contributed by atoms with Gasteiger partial charge in [-0.2, -0.15) is 0 Å². The molecule has 1 amide bonds. The molecule has 1 unspecified atom stereocenters. The Bertz CT molecular complexity index is 820. The molecule has 2 rings (SSSR count). The highest BCUT2D eigenvalue weighted by atomic mass is 79.9. The van der Waals surface area contributed by atoms with Crippen LogP contribution in [0.2, 0.25) is 0 Å². The van der Waals surface area contributed by atoms with Crippen molar-refractivity contribution in [3.05, 3.63) is 33.0 Å². The molecular formula is C18H24BrN3O2S. The van der Waals surface area contributed by atoms with Crippen LogP contribution in [0, 0.1) is 5.92 Å². The minimum Gasteiger partial charge on any atom is -0.355 e. The van der Waals surface area contributed by atoms with E-state index in [0.717, 1.165) is 10.9 Å². The normalized spacial score (nSPS) is 12.6. The van der Waals surface area contributed by atoms with Crippen molar-refractivity contribution in [2.45, 2.75) is 51.1 Å². The van der Waals surface area contributed by atoms with Crippen LogP contribution >= 0.6 is 27.7 Å². The van der Waals surface area contributed by atoms with E-state index in [9.17, 15) is 9.59 Å². The second-order valence-electron chi connectivity index (χ2n) is 6.42. The summed E-state index contributed by atoms with van der Waals surface area (Å²) in [6.07, 6.45) is 0.893. The Hall–Kier alpha value is -1.34. The van der Waals surface area contributed by atoms with Crippen LogP contribution in [0.4, 0.5) is 0 Å². The molecule has 25 heavy (non-hydrogen) atoms.